The van der Waals surface area contributed by atoms with Crippen LogP contribution in [-0.2, 0) is 16.9 Å². The fourth-order valence-electron chi connectivity index (χ4n) is 0.832. The third-order valence-electron chi connectivity index (χ3n) is 1.43. The highest BCUT2D eigenvalue weighted by Gasteiger charge is 2.14. The van der Waals surface area contributed by atoms with Crippen LogP contribution in [0.15, 0.2) is 17.3 Å². The Balaban J connectivity index is 0.00000144. The Bertz CT molecular complexity index is 360. The minimum atomic E-state index is -3.20. The highest BCUT2D eigenvalue weighted by atomic mass is 35.5. The molecule has 0 aliphatic heterocycles. The van der Waals surface area contributed by atoms with Crippen LogP contribution in [0.2, 0.25) is 0 Å². The van der Waals surface area contributed by atoms with E-state index in [2.05, 4.69) is 5.10 Å². The van der Waals surface area contributed by atoms with Gasteiger partial charge in [-0.1, -0.05) is 0 Å². The van der Waals surface area contributed by atoms with Gasteiger partial charge in [0.05, 0.1) is 11.9 Å². The summed E-state index contributed by atoms with van der Waals surface area (Å²) >= 11 is 0. The fraction of sp³-hybridized carbons (Fsp3) is 0.500. The molecule has 1 rings (SSSR count). The molecule has 0 aliphatic carbocycles. The van der Waals surface area contributed by atoms with Crippen molar-refractivity contribution in [2.24, 2.45) is 12.8 Å². The lowest BCUT2D eigenvalue weighted by atomic mass is 10.7. The van der Waals surface area contributed by atoms with Crippen LogP contribution in [0.5, 0.6) is 0 Å². The number of aromatic nitrogens is 2. The molecule has 76 valence electrons. The smallest absolute Gasteiger partial charge is 0.182 e. The van der Waals surface area contributed by atoms with Crippen molar-refractivity contribution in [2.45, 2.75) is 4.90 Å². The largest absolute Gasteiger partial charge is 0.329 e. The van der Waals surface area contributed by atoms with Gasteiger partial charge in [-0.15, -0.1) is 12.4 Å². The fourth-order valence-corrected chi connectivity index (χ4v) is 1.90. The standard InChI is InChI=1S/C6H11N3O2S.ClH/c1-9-5-6(4-8-9)12(10,11)3-2-7;/h4-5H,2-3,7H2,1H3;1H. The van der Waals surface area contributed by atoms with Gasteiger partial charge in [0.1, 0.15) is 4.90 Å². The van der Waals surface area contributed by atoms with E-state index in [0.29, 0.717) is 0 Å². The number of halogens is 1. The van der Waals surface area contributed by atoms with E-state index in [9.17, 15) is 8.42 Å². The number of nitrogens with two attached hydrogens (primary N) is 1. The highest BCUT2D eigenvalue weighted by molar-refractivity contribution is 7.91. The summed E-state index contributed by atoms with van der Waals surface area (Å²) < 4.78 is 24.1. The Hall–Kier alpha value is -0.590. The molecule has 5 nitrogen and oxygen atoms in total. The first-order valence-corrected chi connectivity index (χ1v) is 5.13. The number of hydrogen-bond donors (Lipinski definition) is 1. The van der Waals surface area contributed by atoms with E-state index >= 15 is 0 Å². The van der Waals surface area contributed by atoms with E-state index in [-0.39, 0.29) is 29.6 Å². The van der Waals surface area contributed by atoms with E-state index in [0.717, 1.165) is 0 Å². The Morgan fingerprint density at radius 1 is 1.62 bits per heavy atom. The average molecular weight is 226 g/mol. The van der Waals surface area contributed by atoms with E-state index in [1.807, 2.05) is 0 Å². The van der Waals surface area contributed by atoms with Crippen molar-refractivity contribution < 1.29 is 8.42 Å². The molecule has 0 atom stereocenters. The van der Waals surface area contributed by atoms with Crippen LogP contribution < -0.4 is 5.73 Å². The van der Waals surface area contributed by atoms with Crippen LogP contribution in [0, 0.1) is 0 Å². The third-order valence-corrected chi connectivity index (χ3v) is 3.13. The lowest BCUT2D eigenvalue weighted by Gasteiger charge is -1.96. The summed E-state index contributed by atoms with van der Waals surface area (Å²) in [5.41, 5.74) is 5.15. The molecule has 2 N–H and O–H groups in total. The molecule has 1 aromatic rings. The zero-order chi connectivity index (χ0) is 9.19. The number of aryl methyl sites for hydroxylation is 1. The van der Waals surface area contributed by atoms with E-state index in [1.54, 1.807) is 7.05 Å². The Morgan fingerprint density at radius 2 is 2.23 bits per heavy atom. The summed E-state index contributed by atoms with van der Waals surface area (Å²) in [6, 6.07) is 0. The van der Waals surface area contributed by atoms with Gasteiger partial charge in [0.15, 0.2) is 9.84 Å². The topological polar surface area (TPSA) is 78.0 Å². The van der Waals surface area contributed by atoms with E-state index in [1.165, 1.54) is 17.1 Å². The molecule has 0 saturated heterocycles. The molecule has 0 aromatic carbocycles. The summed E-state index contributed by atoms with van der Waals surface area (Å²) in [4.78, 5) is 0.232. The maximum Gasteiger partial charge on any atom is 0.182 e. The predicted molar refractivity (Wildman–Crippen MR) is 51.6 cm³/mol. The quantitative estimate of drug-likeness (QED) is 0.758. The van der Waals surface area contributed by atoms with Crippen molar-refractivity contribution in [3.63, 3.8) is 0 Å². The first-order valence-electron chi connectivity index (χ1n) is 3.48. The van der Waals surface area contributed by atoms with Crippen molar-refractivity contribution in [1.29, 1.82) is 0 Å². The molecule has 13 heavy (non-hydrogen) atoms. The van der Waals surface area contributed by atoms with Crippen LogP contribution in [0.25, 0.3) is 0 Å². The van der Waals surface area contributed by atoms with Gasteiger partial charge >= 0.3 is 0 Å². The Labute approximate surface area is 83.3 Å². The number of hydrogen-bond acceptors (Lipinski definition) is 4. The first-order chi connectivity index (χ1) is 5.56. The zero-order valence-corrected chi connectivity index (χ0v) is 8.81. The molecule has 0 amide bonds. The number of nitrogens with zero attached hydrogens (tertiary/aromatic N) is 2. The lowest BCUT2D eigenvalue weighted by molar-refractivity contribution is 0.595. The molecule has 7 heteroatoms. The summed E-state index contributed by atoms with van der Waals surface area (Å²) in [6.07, 6.45) is 2.79. The molecule has 0 radical (unpaired) electrons. The Kier molecular flexibility index (Phi) is 4.38. The third kappa shape index (κ3) is 2.98. The van der Waals surface area contributed by atoms with Crippen molar-refractivity contribution in [2.75, 3.05) is 12.3 Å². The molecule has 1 aromatic heterocycles. The minimum Gasteiger partial charge on any atom is -0.329 e. The van der Waals surface area contributed by atoms with Gasteiger partial charge in [0.2, 0.25) is 0 Å². The van der Waals surface area contributed by atoms with Gasteiger partial charge in [-0.3, -0.25) is 4.68 Å². The predicted octanol–water partition coefficient (Wildman–Crippen LogP) is -0.426. The number of sulfone groups is 1. The Morgan fingerprint density at radius 3 is 2.62 bits per heavy atom. The maximum atomic E-state index is 11.3. The molecule has 1 heterocycles. The van der Waals surface area contributed by atoms with Crippen LogP contribution >= 0.6 is 12.4 Å². The molecule has 0 saturated carbocycles. The second kappa shape index (κ2) is 4.59. The molecule has 0 unspecified atom stereocenters. The second-order valence-electron chi connectivity index (χ2n) is 2.46. The van der Waals surface area contributed by atoms with Crippen molar-refractivity contribution >= 4 is 22.2 Å². The van der Waals surface area contributed by atoms with Gasteiger partial charge in [0, 0.05) is 19.8 Å². The molecule has 0 bridgehead atoms. The van der Waals surface area contributed by atoms with Crippen LogP contribution in [0.4, 0.5) is 0 Å². The normalized spacial score (nSPS) is 10.9. The van der Waals surface area contributed by atoms with Crippen LogP contribution in [0.1, 0.15) is 0 Å². The number of rotatable bonds is 3. The van der Waals surface area contributed by atoms with Crippen LogP contribution in [-0.4, -0.2) is 30.5 Å². The van der Waals surface area contributed by atoms with Gasteiger partial charge in [0.25, 0.3) is 0 Å². The minimum absolute atomic E-state index is 0. The molecular weight excluding hydrogens is 214 g/mol. The first kappa shape index (κ1) is 12.4. The molecule has 0 spiro atoms. The summed E-state index contributed by atoms with van der Waals surface area (Å²) in [5.74, 6) is -0.0291. The summed E-state index contributed by atoms with van der Waals surface area (Å²) in [6.45, 7) is 0.136. The average Bonchev–Trinajstić information content (AvgIpc) is 2.36. The summed E-state index contributed by atoms with van der Waals surface area (Å²) in [7, 11) is -1.53. The lowest BCUT2D eigenvalue weighted by Crippen LogP contribution is -2.15. The van der Waals surface area contributed by atoms with E-state index in [4.69, 9.17) is 5.73 Å². The molecule has 0 aliphatic rings. The van der Waals surface area contributed by atoms with E-state index < -0.39 is 9.84 Å². The molecule has 0 fully saturated rings. The maximum absolute atomic E-state index is 11.3. The van der Waals surface area contributed by atoms with Gasteiger partial charge < -0.3 is 5.73 Å². The molecular formula is C6H12ClN3O2S. The van der Waals surface area contributed by atoms with Gasteiger partial charge in [-0.05, 0) is 0 Å². The highest BCUT2D eigenvalue weighted by Crippen LogP contribution is 2.07. The van der Waals surface area contributed by atoms with Gasteiger partial charge in [-0.25, -0.2) is 8.42 Å². The zero-order valence-electron chi connectivity index (χ0n) is 7.17. The van der Waals surface area contributed by atoms with Crippen molar-refractivity contribution in [3.05, 3.63) is 12.4 Å². The monoisotopic (exact) mass is 225 g/mol. The van der Waals surface area contributed by atoms with Crippen molar-refractivity contribution in [1.82, 2.24) is 9.78 Å². The SMILES string of the molecule is Cl.Cn1cc(S(=O)(=O)CCN)cn1. The van der Waals surface area contributed by atoms with Crippen LogP contribution in [0.3, 0.4) is 0 Å². The second-order valence-corrected chi connectivity index (χ2v) is 4.57. The van der Waals surface area contributed by atoms with Crippen molar-refractivity contribution in [3.8, 4) is 0 Å². The van der Waals surface area contributed by atoms with Gasteiger partial charge in [-0.2, -0.15) is 5.10 Å². The summed E-state index contributed by atoms with van der Waals surface area (Å²) in [5, 5.41) is 3.76.